The van der Waals surface area contributed by atoms with E-state index in [-0.39, 0.29) is 37.2 Å². The van der Waals surface area contributed by atoms with Gasteiger partial charge >= 0.3 is 0 Å². The molecule has 154 valence electrons. The predicted octanol–water partition coefficient (Wildman–Crippen LogP) is 4.27. The van der Waals surface area contributed by atoms with Gasteiger partial charge in [0, 0.05) is 31.0 Å². The Bertz CT molecular complexity index is 910. The molecule has 29 heavy (non-hydrogen) atoms. The number of halogens is 3. The van der Waals surface area contributed by atoms with Crippen molar-refractivity contribution >= 4 is 42.9 Å². The Morgan fingerprint density at radius 2 is 1.90 bits per heavy atom. The molecule has 1 aromatic heterocycles. The third kappa shape index (κ3) is 6.12. The summed E-state index contributed by atoms with van der Waals surface area (Å²) in [5.74, 6) is 0. The number of nitriles is 1. The van der Waals surface area contributed by atoms with E-state index in [1.165, 1.54) is 16.8 Å². The van der Waals surface area contributed by atoms with E-state index in [0.717, 1.165) is 31.7 Å². The van der Waals surface area contributed by atoms with Crippen molar-refractivity contribution in [2.45, 2.75) is 25.6 Å². The quantitative estimate of drug-likeness (QED) is 0.620. The van der Waals surface area contributed by atoms with Crippen LogP contribution in [0.3, 0.4) is 0 Å². The summed E-state index contributed by atoms with van der Waals surface area (Å²) in [7, 11) is 0. The van der Waals surface area contributed by atoms with E-state index in [2.05, 4.69) is 56.6 Å². The minimum Gasteiger partial charge on any atom is -0.364 e. The topological polar surface area (TPSA) is 67.7 Å². The fourth-order valence-corrected chi connectivity index (χ4v) is 3.55. The second-order valence-corrected chi connectivity index (χ2v) is 6.68. The van der Waals surface area contributed by atoms with Gasteiger partial charge in [0.1, 0.15) is 0 Å². The summed E-state index contributed by atoms with van der Waals surface area (Å²) >= 11 is 0. The average molecular weight is 453 g/mol. The molecule has 0 aliphatic carbocycles. The lowest BCUT2D eigenvalue weighted by Crippen LogP contribution is -2.39. The first kappa shape index (κ1) is 24.8. The Labute approximate surface area is 189 Å². The second kappa shape index (κ2) is 11.7. The summed E-state index contributed by atoms with van der Waals surface area (Å²) in [4.78, 5) is 9.71. The van der Waals surface area contributed by atoms with Gasteiger partial charge in [-0.25, -0.2) is 4.98 Å². The Hall–Kier alpha value is -2.23. The third-order valence-corrected chi connectivity index (χ3v) is 4.81. The number of aromatic nitrogens is 2. The van der Waals surface area contributed by atoms with Crippen LogP contribution in [0.5, 0.6) is 0 Å². The van der Waals surface area contributed by atoms with Gasteiger partial charge in [-0.3, -0.25) is 0 Å². The number of hydrogen-bond donors (Lipinski definition) is 2. The third-order valence-electron chi connectivity index (χ3n) is 4.81. The van der Waals surface area contributed by atoms with Gasteiger partial charge in [-0.1, -0.05) is 30.3 Å². The van der Waals surface area contributed by atoms with Gasteiger partial charge < -0.3 is 15.2 Å². The van der Waals surface area contributed by atoms with Gasteiger partial charge in [0.05, 0.1) is 30.2 Å². The van der Waals surface area contributed by atoms with Crippen LogP contribution in [0, 0.1) is 11.3 Å². The number of imidazole rings is 1. The molecule has 0 bridgehead atoms. The van der Waals surface area contributed by atoms with E-state index in [1.54, 1.807) is 6.33 Å². The first-order valence-corrected chi connectivity index (χ1v) is 8.84. The molecule has 0 saturated carbocycles. The maximum Gasteiger partial charge on any atom is 0.0991 e. The molecular formula is C21H24Cl3N5. The molecule has 0 amide bonds. The SMILES string of the molecule is Cl.Cl.Cl.N#Cc1ccc2c(c1)CN[C@H](Cc1ccccc1)CN2Cc1cnc[nH]1. The number of aromatic amines is 1. The highest BCUT2D eigenvalue weighted by Crippen LogP contribution is 2.27. The van der Waals surface area contributed by atoms with Crippen molar-refractivity contribution in [2.75, 3.05) is 11.4 Å². The molecule has 0 fully saturated rings. The number of nitrogens with one attached hydrogen (secondary N) is 2. The molecule has 8 heteroatoms. The van der Waals surface area contributed by atoms with Gasteiger partial charge in [0.25, 0.3) is 0 Å². The summed E-state index contributed by atoms with van der Waals surface area (Å²) in [5, 5.41) is 12.9. The fourth-order valence-electron chi connectivity index (χ4n) is 3.55. The zero-order valence-electron chi connectivity index (χ0n) is 15.7. The van der Waals surface area contributed by atoms with Gasteiger partial charge in [0.2, 0.25) is 0 Å². The number of fused-ring (bicyclic) bond motifs is 1. The zero-order chi connectivity index (χ0) is 17.8. The molecule has 0 saturated heterocycles. The lowest BCUT2D eigenvalue weighted by atomic mass is 10.1. The number of rotatable bonds is 4. The highest BCUT2D eigenvalue weighted by Gasteiger charge is 2.22. The van der Waals surface area contributed by atoms with Crippen LogP contribution in [0.1, 0.15) is 22.4 Å². The molecule has 2 aromatic carbocycles. The Kier molecular flexibility index (Phi) is 10.0. The minimum absolute atomic E-state index is 0. The number of anilines is 1. The van der Waals surface area contributed by atoms with Crippen LogP contribution < -0.4 is 10.2 Å². The van der Waals surface area contributed by atoms with Crippen molar-refractivity contribution in [2.24, 2.45) is 0 Å². The van der Waals surface area contributed by atoms with E-state index in [1.807, 2.05) is 24.4 Å². The van der Waals surface area contributed by atoms with Crippen LogP contribution in [0.25, 0.3) is 0 Å². The molecular weight excluding hydrogens is 429 g/mol. The predicted molar refractivity (Wildman–Crippen MR) is 123 cm³/mol. The van der Waals surface area contributed by atoms with Crippen LogP contribution in [0.15, 0.2) is 61.1 Å². The number of H-pyrrole nitrogens is 1. The van der Waals surface area contributed by atoms with E-state index in [4.69, 9.17) is 0 Å². The van der Waals surface area contributed by atoms with Crippen molar-refractivity contribution < 1.29 is 0 Å². The highest BCUT2D eigenvalue weighted by atomic mass is 35.5. The maximum atomic E-state index is 9.23. The molecule has 2 N–H and O–H groups in total. The number of nitrogens with zero attached hydrogens (tertiary/aromatic N) is 3. The van der Waals surface area contributed by atoms with Crippen molar-refractivity contribution in [3.63, 3.8) is 0 Å². The Morgan fingerprint density at radius 1 is 1.10 bits per heavy atom. The monoisotopic (exact) mass is 451 g/mol. The summed E-state index contributed by atoms with van der Waals surface area (Å²) < 4.78 is 0. The standard InChI is InChI=1S/C21H21N5.3ClH/c22-10-17-6-7-21-18(8-17)11-24-19(9-16-4-2-1-3-5-16)13-26(21)14-20-12-23-15-25-20;;;/h1-8,12,15,19,24H,9,11,13-14H2,(H,23,25);3*1H/t19-;;;/m1.../s1. The van der Waals surface area contributed by atoms with Gasteiger partial charge in [0.15, 0.2) is 0 Å². The van der Waals surface area contributed by atoms with Crippen LogP contribution in [0.4, 0.5) is 5.69 Å². The molecule has 0 spiro atoms. The lowest BCUT2D eigenvalue weighted by molar-refractivity contribution is 0.511. The number of benzene rings is 2. The van der Waals surface area contributed by atoms with E-state index < -0.39 is 0 Å². The summed E-state index contributed by atoms with van der Waals surface area (Å²) in [6.07, 6.45) is 4.56. The first-order valence-electron chi connectivity index (χ1n) is 8.84. The molecule has 2 heterocycles. The van der Waals surface area contributed by atoms with Crippen LogP contribution in [-0.2, 0) is 19.5 Å². The van der Waals surface area contributed by atoms with Crippen LogP contribution >= 0.6 is 37.2 Å². The van der Waals surface area contributed by atoms with Crippen molar-refractivity contribution in [3.05, 3.63) is 83.4 Å². The van der Waals surface area contributed by atoms with Crippen LogP contribution in [-0.4, -0.2) is 22.6 Å². The van der Waals surface area contributed by atoms with Gasteiger partial charge in [-0.15, -0.1) is 37.2 Å². The van der Waals surface area contributed by atoms with E-state index in [9.17, 15) is 5.26 Å². The van der Waals surface area contributed by atoms with E-state index >= 15 is 0 Å². The zero-order valence-corrected chi connectivity index (χ0v) is 18.2. The maximum absolute atomic E-state index is 9.23. The molecule has 1 aliphatic rings. The summed E-state index contributed by atoms with van der Waals surface area (Å²) in [6.45, 7) is 2.43. The largest absolute Gasteiger partial charge is 0.364 e. The summed E-state index contributed by atoms with van der Waals surface area (Å²) in [6, 6.07) is 19.1. The second-order valence-electron chi connectivity index (χ2n) is 6.68. The Balaban J connectivity index is 0.00000140. The molecule has 3 aromatic rings. The van der Waals surface area contributed by atoms with E-state index in [0.29, 0.717) is 11.6 Å². The number of hydrogen-bond acceptors (Lipinski definition) is 4. The average Bonchev–Trinajstić information content (AvgIpc) is 3.13. The fraction of sp³-hybridized carbons (Fsp3) is 0.238. The first-order chi connectivity index (χ1) is 12.8. The summed E-state index contributed by atoms with van der Waals surface area (Å²) in [5.41, 5.74) is 5.46. The molecule has 4 rings (SSSR count). The molecule has 1 atom stereocenters. The van der Waals surface area contributed by atoms with Crippen molar-refractivity contribution in [3.8, 4) is 6.07 Å². The lowest BCUT2D eigenvalue weighted by Gasteiger charge is -2.27. The molecule has 0 unspecified atom stereocenters. The van der Waals surface area contributed by atoms with Crippen molar-refractivity contribution in [1.29, 1.82) is 5.26 Å². The molecule has 5 nitrogen and oxygen atoms in total. The van der Waals surface area contributed by atoms with Gasteiger partial charge in [-0.05, 0) is 35.7 Å². The molecule has 0 radical (unpaired) electrons. The molecule has 1 aliphatic heterocycles. The smallest absolute Gasteiger partial charge is 0.0991 e. The Morgan fingerprint density at radius 3 is 2.59 bits per heavy atom. The van der Waals surface area contributed by atoms with Crippen molar-refractivity contribution in [1.82, 2.24) is 15.3 Å². The normalized spacial score (nSPS) is 14.9. The van der Waals surface area contributed by atoms with Crippen LogP contribution in [0.2, 0.25) is 0 Å². The van der Waals surface area contributed by atoms with Gasteiger partial charge in [-0.2, -0.15) is 5.26 Å². The minimum atomic E-state index is 0. The highest BCUT2D eigenvalue weighted by molar-refractivity contribution is 5.86.